The highest BCUT2D eigenvalue weighted by molar-refractivity contribution is 7.17. The van der Waals surface area contributed by atoms with Crippen LogP contribution in [0.4, 0.5) is 5.00 Å². The van der Waals surface area contributed by atoms with E-state index in [0.29, 0.717) is 35.0 Å². The molecule has 2 amide bonds. The number of carbonyl (C=O) groups excluding carboxylic acids is 2. The average Bonchev–Trinajstić information content (AvgIpc) is 3.08. The highest BCUT2D eigenvalue weighted by Gasteiger charge is 2.26. The van der Waals surface area contributed by atoms with E-state index in [9.17, 15) is 9.59 Å². The van der Waals surface area contributed by atoms with Crippen molar-refractivity contribution in [1.29, 1.82) is 0 Å². The highest BCUT2D eigenvalue weighted by atomic mass is 32.1. The van der Waals surface area contributed by atoms with Crippen LogP contribution in [0.2, 0.25) is 0 Å². The lowest BCUT2D eigenvalue weighted by atomic mass is 9.95. The summed E-state index contributed by atoms with van der Waals surface area (Å²) in [6, 6.07) is 6.91. The molecule has 0 radical (unpaired) electrons. The van der Waals surface area contributed by atoms with Crippen LogP contribution in [0.25, 0.3) is 0 Å². The van der Waals surface area contributed by atoms with E-state index in [-0.39, 0.29) is 11.8 Å². The van der Waals surface area contributed by atoms with Gasteiger partial charge in [0.1, 0.15) is 17.4 Å². The molecule has 3 rings (SSSR count). The smallest absolute Gasteiger partial charge is 0.256 e. The topological polar surface area (TPSA) is 67.4 Å². The van der Waals surface area contributed by atoms with Crippen LogP contribution in [0.1, 0.15) is 44.0 Å². The Bertz CT molecular complexity index is 884. The molecule has 146 valence electrons. The number of aryl methyl sites for hydroxylation is 1. The quantitative estimate of drug-likeness (QED) is 0.652. The molecule has 0 saturated carbocycles. The van der Waals surface area contributed by atoms with Crippen LogP contribution in [-0.4, -0.2) is 25.0 Å². The van der Waals surface area contributed by atoms with Crippen molar-refractivity contribution >= 4 is 28.2 Å². The van der Waals surface area contributed by atoms with Gasteiger partial charge < -0.3 is 15.4 Å². The van der Waals surface area contributed by atoms with Crippen LogP contribution in [0.15, 0.2) is 49.6 Å². The van der Waals surface area contributed by atoms with Gasteiger partial charge in [-0.15, -0.1) is 17.9 Å². The van der Waals surface area contributed by atoms with Crippen molar-refractivity contribution in [3.8, 4) is 5.75 Å². The fraction of sp³-hybridized carbons (Fsp3) is 0.273. The zero-order chi connectivity index (χ0) is 19.9. The molecule has 0 bridgehead atoms. The first-order chi connectivity index (χ1) is 13.6. The third kappa shape index (κ3) is 4.51. The zero-order valence-corrected chi connectivity index (χ0v) is 16.6. The maximum atomic E-state index is 12.7. The third-order valence-electron chi connectivity index (χ3n) is 4.52. The van der Waals surface area contributed by atoms with Crippen LogP contribution in [0.5, 0.6) is 5.75 Å². The van der Waals surface area contributed by atoms with Gasteiger partial charge in [0.25, 0.3) is 11.8 Å². The Labute approximate surface area is 169 Å². The molecule has 1 aliphatic rings. The minimum Gasteiger partial charge on any atom is -0.490 e. The van der Waals surface area contributed by atoms with Crippen LogP contribution >= 0.6 is 11.3 Å². The Hall–Kier alpha value is -2.86. The van der Waals surface area contributed by atoms with Crippen molar-refractivity contribution in [2.45, 2.75) is 25.7 Å². The van der Waals surface area contributed by atoms with Crippen molar-refractivity contribution < 1.29 is 14.3 Å². The molecule has 2 N–H and O–H groups in total. The summed E-state index contributed by atoms with van der Waals surface area (Å²) in [5.41, 5.74) is 2.18. The van der Waals surface area contributed by atoms with E-state index in [1.807, 2.05) is 0 Å². The van der Waals surface area contributed by atoms with Gasteiger partial charge in [-0.3, -0.25) is 9.59 Å². The molecule has 0 unspecified atom stereocenters. The summed E-state index contributed by atoms with van der Waals surface area (Å²) < 4.78 is 5.44. The van der Waals surface area contributed by atoms with E-state index in [0.717, 1.165) is 31.2 Å². The van der Waals surface area contributed by atoms with Crippen LogP contribution in [-0.2, 0) is 12.8 Å². The summed E-state index contributed by atoms with van der Waals surface area (Å²) in [7, 11) is 0. The lowest BCUT2D eigenvalue weighted by Gasteiger charge is -2.13. The molecule has 0 spiro atoms. The monoisotopic (exact) mass is 396 g/mol. The Balaban J connectivity index is 1.81. The van der Waals surface area contributed by atoms with Crippen molar-refractivity contribution in [2.75, 3.05) is 18.5 Å². The second kappa shape index (κ2) is 9.37. The second-order valence-electron chi connectivity index (χ2n) is 6.49. The lowest BCUT2D eigenvalue weighted by molar-refractivity contribution is 0.0958. The average molecular weight is 397 g/mol. The predicted octanol–water partition coefficient (Wildman–Crippen LogP) is 4.36. The molecule has 5 nitrogen and oxygen atoms in total. The number of hydrogen-bond acceptors (Lipinski definition) is 4. The molecule has 0 aliphatic heterocycles. The van der Waals surface area contributed by atoms with Gasteiger partial charge in [-0.1, -0.05) is 18.7 Å². The van der Waals surface area contributed by atoms with Gasteiger partial charge in [-0.05, 0) is 55.5 Å². The normalized spacial score (nSPS) is 12.6. The number of rotatable bonds is 8. The maximum absolute atomic E-state index is 12.7. The number of ether oxygens (including phenoxy) is 1. The minimum absolute atomic E-state index is 0.164. The first kappa shape index (κ1) is 19.9. The summed E-state index contributed by atoms with van der Waals surface area (Å²) in [5.74, 6) is 0.266. The van der Waals surface area contributed by atoms with E-state index in [2.05, 4.69) is 23.8 Å². The molecule has 1 aromatic carbocycles. The molecule has 0 saturated heterocycles. The molecule has 2 aromatic rings. The number of nitrogens with one attached hydrogen (secondary N) is 2. The summed E-state index contributed by atoms with van der Waals surface area (Å²) in [6.45, 7) is 8.05. The van der Waals surface area contributed by atoms with Gasteiger partial charge >= 0.3 is 0 Å². The molecule has 0 atom stereocenters. The van der Waals surface area contributed by atoms with E-state index in [1.165, 1.54) is 16.2 Å². The van der Waals surface area contributed by atoms with Crippen LogP contribution in [0.3, 0.4) is 0 Å². The number of amides is 2. The fourth-order valence-corrected chi connectivity index (χ4v) is 4.46. The van der Waals surface area contributed by atoms with Gasteiger partial charge in [0.2, 0.25) is 0 Å². The van der Waals surface area contributed by atoms with Crippen molar-refractivity contribution in [3.05, 3.63) is 71.1 Å². The Kier molecular flexibility index (Phi) is 6.66. The standard InChI is InChI=1S/C22H24N2O3S/c1-3-13-23-21(26)19-17-7-5-6-8-18(17)28-22(19)24-20(25)15-9-11-16(12-10-15)27-14-4-2/h3-4,9-12H,1-2,5-8,13-14H2,(H,23,26)(H,24,25). The minimum atomic E-state index is -0.244. The maximum Gasteiger partial charge on any atom is 0.256 e. The van der Waals surface area contributed by atoms with E-state index in [1.54, 1.807) is 36.4 Å². The molecule has 0 fully saturated rings. The molecule has 6 heteroatoms. The first-order valence-electron chi connectivity index (χ1n) is 9.32. The molecule has 28 heavy (non-hydrogen) atoms. The third-order valence-corrected chi connectivity index (χ3v) is 5.72. The Morgan fingerprint density at radius 1 is 1.07 bits per heavy atom. The first-order valence-corrected chi connectivity index (χ1v) is 10.1. The summed E-state index contributed by atoms with van der Waals surface area (Å²) in [6.07, 6.45) is 7.30. The summed E-state index contributed by atoms with van der Waals surface area (Å²) in [5, 5.41) is 6.40. The van der Waals surface area contributed by atoms with E-state index in [4.69, 9.17) is 4.74 Å². The number of anilines is 1. The number of fused-ring (bicyclic) bond motifs is 1. The largest absolute Gasteiger partial charge is 0.490 e. The molecule has 1 aromatic heterocycles. The van der Waals surface area contributed by atoms with E-state index < -0.39 is 0 Å². The summed E-state index contributed by atoms with van der Waals surface area (Å²) >= 11 is 1.51. The molecular formula is C22H24N2O3S. The van der Waals surface area contributed by atoms with Crippen LogP contribution < -0.4 is 15.4 Å². The zero-order valence-electron chi connectivity index (χ0n) is 15.8. The Morgan fingerprint density at radius 3 is 2.54 bits per heavy atom. The lowest BCUT2D eigenvalue weighted by Crippen LogP contribution is -2.25. The van der Waals surface area contributed by atoms with Gasteiger partial charge in [-0.25, -0.2) is 0 Å². The van der Waals surface area contributed by atoms with Crippen molar-refractivity contribution in [2.24, 2.45) is 0 Å². The molecule has 1 heterocycles. The SMILES string of the molecule is C=CCNC(=O)c1c(NC(=O)c2ccc(OCC=C)cc2)sc2c1CCCC2. The van der Waals surface area contributed by atoms with E-state index >= 15 is 0 Å². The van der Waals surface area contributed by atoms with Gasteiger partial charge in [-0.2, -0.15) is 0 Å². The van der Waals surface area contributed by atoms with Crippen LogP contribution in [0, 0.1) is 0 Å². The fourth-order valence-electron chi connectivity index (χ4n) is 3.18. The van der Waals surface area contributed by atoms with Crippen molar-refractivity contribution in [3.63, 3.8) is 0 Å². The summed E-state index contributed by atoms with van der Waals surface area (Å²) in [4.78, 5) is 26.6. The second-order valence-corrected chi connectivity index (χ2v) is 7.60. The molecular weight excluding hydrogens is 372 g/mol. The number of benzene rings is 1. The van der Waals surface area contributed by atoms with Gasteiger partial charge in [0.15, 0.2) is 0 Å². The highest BCUT2D eigenvalue weighted by Crippen LogP contribution is 2.38. The molecule has 1 aliphatic carbocycles. The van der Waals surface area contributed by atoms with Gasteiger partial charge in [0, 0.05) is 17.0 Å². The predicted molar refractivity (Wildman–Crippen MR) is 114 cm³/mol. The number of thiophene rings is 1. The number of carbonyl (C=O) groups is 2. The van der Waals surface area contributed by atoms with Gasteiger partial charge in [0.05, 0.1) is 5.56 Å². The van der Waals surface area contributed by atoms with Crippen molar-refractivity contribution in [1.82, 2.24) is 5.32 Å². The Morgan fingerprint density at radius 2 is 1.82 bits per heavy atom. The number of hydrogen-bond donors (Lipinski definition) is 2.